The van der Waals surface area contributed by atoms with E-state index in [1.807, 2.05) is 0 Å². The van der Waals surface area contributed by atoms with Crippen LogP contribution in [-0.4, -0.2) is 41.6 Å². The smallest absolute Gasteiger partial charge is 0.0106 e. The molecule has 1 aliphatic heterocycles. The molecule has 2 N–H and O–H groups in total. The molecule has 3 atom stereocenters. The van der Waals surface area contributed by atoms with Crippen LogP contribution in [0.4, 0.5) is 0 Å². The van der Waals surface area contributed by atoms with Crippen molar-refractivity contribution in [3.63, 3.8) is 0 Å². The van der Waals surface area contributed by atoms with Gasteiger partial charge in [0, 0.05) is 17.8 Å². The van der Waals surface area contributed by atoms with Crippen molar-refractivity contribution in [2.24, 2.45) is 11.7 Å². The molecule has 3 unspecified atom stereocenters. The minimum atomic E-state index is 0.780. The van der Waals surface area contributed by atoms with Crippen molar-refractivity contribution >= 4 is 11.8 Å². The van der Waals surface area contributed by atoms with Crippen LogP contribution < -0.4 is 5.73 Å². The summed E-state index contributed by atoms with van der Waals surface area (Å²) >= 11 is 2.16. The first-order valence-electron chi connectivity index (χ1n) is 6.39. The monoisotopic (exact) mass is 228 g/mol. The summed E-state index contributed by atoms with van der Waals surface area (Å²) in [5.41, 5.74) is 5.74. The van der Waals surface area contributed by atoms with Gasteiger partial charge in [0.05, 0.1) is 0 Å². The molecular formula is C12H24N2S. The van der Waals surface area contributed by atoms with Crippen molar-refractivity contribution in [1.29, 1.82) is 0 Å². The third-order valence-corrected chi connectivity index (χ3v) is 5.16. The molecule has 2 fully saturated rings. The summed E-state index contributed by atoms with van der Waals surface area (Å²) in [6, 6.07) is 0.880. The van der Waals surface area contributed by atoms with Crippen molar-refractivity contribution < 1.29 is 0 Å². The summed E-state index contributed by atoms with van der Waals surface area (Å²) in [4.78, 5) is 2.70. The summed E-state index contributed by atoms with van der Waals surface area (Å²) < 4.78 is 0. The zero-order valence-electron chi connectivity index (χ0n) is 9.82. The van der Waals surface area contributed by atoms with Crippen molar-refractivity contribution in [1.82, 2.24) is 4.90 Å². The topological polar surface area (TPSA) is 29.3 Å². The van der Waals surface area contributed by atoms with Gasteiger partial charge in [-0.2, -0.15) is 11.8 Å². The molecular weight excluding hydrogens is 204 g/mol. The highest BCUT2D eigenvalue weighted by atomic mass is 32.2. The number of hydrogen-bond donors (Lipinski definition) is 1. The van der Waals surface area contributed by atoms with Gasteiger partial charge in [0.2, 0.25) is 0 Å². The predicted octanol–water partition coefficient (Wildman–Crippen LogP) is 1.94. The first kappa shape index (κ1) is 11.7. The number of nitrogens with two attached hydrogens (primary N) is 1. The van der Waals surface area contributed by atoms with Gasteiger partial charge in [0.15, 0.2) is 0 Å². The average molecular weight is 228 g/mol. The quantitative estimate of drug-likeness (QED) is 0.797. The fourth-order valence-electron chi connectivity index (χ4n) is 3.02. The van der Waals surface area contributed by atoms with Crippen molar-refractivity contribution in [2.75, 3.05) is 25.4 Å². The Morgan fingerprint density at radius 1 is 1.33 bits per heavy atom. The highest BCUT2D eigenvalue weighted by Gasteiger charge is 2.32. The van der Waals surface area contributed by atoms with E-state index in [2.05, 4.69) is 23.6 Å². The fourth-order valence-corrected chi connectivity index (χ4v) is 4.16. The van der Waals surface area contributed by atoms with Crippen LogP contribution in [0.25, 0.3) is 0 Å². The van der Waals surface area contributed by atoms with Gasteiger partial charge in [0.1, 0.15) is 0 Å². The van der Waals surface area contributed by atoms with Crippen LogP contribution in [0.1, 0.15) is 32.6 Å². The Labute approximate surface area is 98.0 Å². The van der Waals surface area contributed by atoms with Gasteiger partial charge in [-0.25, -0.2) is 0 Å². The fraction of sp³-hybridized carbons (Fsp3) is 1.00. The molecule has 3 heteroatoms. The molecule has 0 aromatic rings. The largest absolute Gasteiger partial charge is 0.330 e. The molecule has 1 aliphatic carbocycles. The molecule has 0 spiro atoms. The first-order chi connectivity index (χ1) is 7.33. The molecule has 1 saturated heterocycles. The van der Waals surface area contributed by atoms with E-state index in [0.29, 0.717) is 0 Å². The van der Waals surface area contributed by atoms with E-state index >= 15 is 0 Å². The van der Waals surface area contributed by atoms with E-state index in [1.165, 1.54) is 44.5 Å². The normalized spacial score (nSPS) is 37.6. The van der Waals surface area contributed by atoms with Gasteiger partial charge in [-0.3, -0.25) is 0 Å². The Hall–Kier alpha value is 0.270. The maximum atomic E-state index is 5.74. The number of nitrogens with zero attached hydrogens (tertiary/aromatic N) is 1. The van der Waals surface area contributed by atoms with Gasteiger partial charge in [-0.1, -0.05) is 6.92 Å². The Morgan fingerprint density at radius 2 is 2.20 bits per heavy atom. The standard InChI is InChI=1S/C12H24N2S/c1-2-15-12-4-3-11(7-12)14-6-5-10(8-13)9-14/h10-12H,2-9,13H2,1H3. The molecule has 15 heavy (non-hydrogen) atoms. The van der Waals surface area contributed by atoms with E-state index in [1.54, 1.807) is 0 Å². The zero-order chi connectivity index (χ0) is 10.7. The average Bonchev–Trinajstić information content (AvgIpc) is 2.85. The molecule has 0 amide bonds. The molecule has 1 saturated carbocycles. The first-order valence-corrected chi connectivity index (χ1v) is 7.44. The maximum Gasteiger partial charge on any atom is 0.0106 e. The molecule has 88 valence electrons. The molecule has 2 rings (SSSR count). The molecule has 2 aliphatic rings. The van der Waals surface area contributed by atoms with Gasteiger partial charge >= 0.3 is 0 Å². The predicted molar refractivity (Wildman–Crippen MR) is 68.3 cm³/mol. The third kappa shape index (κ3) is 2.89. The van der Waals surface area contributed by atoms with Crippen LogP contribution in [-0.2, 0) is 0 Å². The van der Waals surface area contributed by atoms with Crippen LogP contribution in [0.15, 0.2) is 0 Å². The number of hydrogen-bond acceptors (Lipinski definition) is 3. The Kier molecular flexibility index (Phi) is 4.35. The van der Waals surface area contributed by atoms with Gasteiger partial charge in [-0.05, 0) is 50.4 Å². The molecule has 0 aromatic heterocycles. The number of thioether (sulfide) groups is 1. The van der Waals surface area contributed by atoms with Crippen molar-refractivity contribution in [3.8, 4) is 0 Å². The van der Waals surface area contributed by atoms with Gasteiger partial charge in [-0.15, -0.1) is 0 Å². The third-order valence-electron chi connectivity index (χ3n) is 3.93. The summed E-state index contributed by atoms with van der Waals surface area (Å²) in [5, 5.41) is 0.942. The van der Waals surface area contributed by atoms with Crippen LogP contribution in [0.3, 0.4) is 0 Å². The van der Waals surface area contributed by atoms with E-state index in [-0.39, 0.29) is 0 Å². The van der Waals surface area contributed by atoms with Crippen LogP contribution >= 0.6 is 11.8 Å². The Bertz CT molecular complexity index is 198. The summed E-state index contributed by atoms with van der Waals surface area (Å²) in [5.74, 6) is 2.06. The van der Waals surface area contributed by atoms with E-state index in [9.17, 15) is 0 Å². The molecule has 2 nitrogen and oxygen atoms in total. The lowest BCUT2D eigenvalue weighted by atomic mass is 10.1. The second-order valence-electron chi connectivity index (χ2n) is 4.93. The molecule has 1 heterocycles. The zero-order valence-corrected chi connectivity index (χ0v) is 10.6. The molecule has 0 aromatic carbocycles. The second-order valence-corrected chi connectivity index (χ2v) is 6.51. The minimum absolute atomic E-state index is 0.780. The lowest BCUT2D eigenvalue weighted by Gasteiger charge is -2.23. The maximum absolute atomic E-state index is 5.74. The summed E-state index contributed by atoms with van der Waals surface area (Å²) in [6.45, 7) is 5.73. The highest BCUT2D eigenvalue weighted by molar-refractivity contribution is 7.99. The SMILES string of the molecule is CCSC1CCC(N2CCC(CN)C2)C1. The second kappa shape index (κ2) is 5.55. The highest BCUT2D eigenvalue weighted by Crippen LogP contribution is 2.34. The number of rotatable bonds is 4. The van der Waals surface area contributed by atoms with Crippen molar-refractivity contribution in [2.45, 2.75) is 43.9 Å². The summed E-state index contributed by atoms with van der Waals surface area (Å²) in [6.07, 6.45) is 5.62. The Balaban J connectivity index is 1.76. The van der Waals surface area contributed by atoms with Crippen LogP contribution in [0.2, 0.25) is 0 Å². The van der Waals surface area contributed by atoms with E-state index in [0.717, 1.165) is 23.8 Å². The van der Waals surface area contributed by atoms with Gasteiger partial charge < -0.3 is 10.6 Å². The van der Waals surface area contributed by atoms with Crippen molar-refractivity contribution in [3.05, 3.63) is 0 Å². The van der Waals surface area contributed by atoms with Crippen LogP contribution in [0.5, 0.6) is 0 Å². The summed E-state index contributed by atoms with van der Waals surface area (Å²) in [7, 11) is 0. The lowest BCUT2D eigenvalue weighted by Crippen LogP contribution is -2.32. The van der Waals surface area contributed by atoms with E-state index < -0.39 is 0 Å². The minimum Gasteiger partial charge on any atom is -0.330 e. The number of likely N-dealkylation sites (tertiary alicyclic amines) is 1. The van der Waals surface area contributed by atoms with E-state index in [4.69, 9.17) is 5.73 Å². The van der Waals surface area contributed by atoms with Crippen LogP contribution in [0, 0.1) is 5.92 Å². The van der Waals surface area contributed by atoms with Gasteiger partial charge in [0.25, 0.3) is 0 Å². The lowest BCUT2D eigenvalue weighted by molar-refractivity contribution is 0.238. The molecule has 0 radical (unpaired) electrons. The Morgan fingerprint density at radius 3 is 2.87 bits per heavy atom. The molecule has 0 bridgehead atoms.